The Balaban J connectivity index is 1.94. The SMILES string of the molecule is COC(=O)[C@H]1CCCCN1C(=O)NC1CCOC1. The number of hydrogen-bond donors (Lipinski definition) is 1. The summed E-state index contributed by atoms with van der Waals surface area (Å²) in [4.78, 5) is 25.4. The number of piperidine rings is 1. The zero-order valence-electron chi connectivity index (χ0n) is 10.7. The first kappa shape index (κ1) is 13.1. The van der Waals surface area contributed by atoms with Crippen LogP contribution in [0.25, 0.3) is 0 Å². The van der Waals surface area contributed by atoms with Gasteiger partial charge in [-0.1, -0.05) is 0 Å². The van der Waals surface area contributed by atoms with E-state index in [-0.39, 0.29) is 18.0 Å². The van der Waals surface area contributed by atoms with Crippen LogP contribution in [0.3, 0.4) is 0 Å². The Morgan fingerprint density at radius 3 is 2.83 bits per heavy atom. The number of methoxy groups -OCH3 is 1. The second kappa shape index (κ2) is 6.04. The summed E-state index contributed by atoms with van der Waals surface area (Å²) in [5, 5.41) is 2.91. The smallest absolute Gasteiger partial charge is 0.328 e. The maximum Gasteiger partial charge on any atom is 0.328 e. The second-order valence-corrected chi connectivity index (χ2v) is 4.74. The molecule has 2 amide bonds. The van der Waals surface area contributed by atoms with E-state index in [1.165, 1.54) is 7.11 Å². The third-order valence-electron chi connectivity index (χ3n) is 3.49. The highest BCUT2D eigenvalue weighted by molar-refractivity contribution is 5.84. The molecule has 2 fully saturated rings. The predicted octanol–water partition coefficient (Wildman–Crippen LogP) is 0.512. The molecule has 0 aromatic rings. The van der Waals surface area contributed by atoms with E-state index in [2.05, 4.69) is 5.32 Å². The molecule has 18 heavy (non-hydrogen) atoms. The Bertz CT molecular complexity index is 315. The number of amides is 2. The van der Waals surface area contributed by atoms with Gasteiger partial charge in [-0.2, -0.15) is 0 Å². The van der Waals surface area contributed by atoms with Crippen molar-refractivity contribution in [1.29, 1.82) is 0 Å². The summed E-state index contributed by atoms with van der Waals surface area (Å²) in [5.41, 5.74) is 0. The minimum Gasteiger partial charge on any atom is -0.467 e. The minimum atomic E-state index is -0.439. The highest BCUT2D eigenvalue weighted by atomic mass is 16.5. The van der Waals surface area contributed by atoms with Gasteiger partial charge in [0.15, 0.2) is 0 Å². The zero-order chi connectivity index (χ0) is 13.0. The Morgan fingerprint density at radius 1 is 1.33 bits per heavy atom. The molecule has 0 aromatic carbocycles. The lowest BCUT2D eigenvalue weighted by Gasteiger charge is -2.34. The number of rotatable bonds is 2. The number of esters is 1. The summed E-state index contributed by atoms with van der Waals surface area (Å²) in [5.74, 6) is -0.326. The summed E-state index contributed by atoms with van der Waals surface area (Å²) in [6.45, 7) is 1.85. The molecule has 102 valence electrons. The van der Waals surface area contributed by atoms with E-state index in [9.17, 15) is 9.59 Å². The fourth-order valence-electron chi connectivity index (χ4n) is 2.46. The van der Waals surface area contributed by atoms with Gasteiger partial charge in [0.05, 0.1) is 19.8 Å². The molecular formula is C12H20N2O4. The molecule has 2 saturated heterocycles. The maximum absolute atomic E-state index is 12.1. The number of carbonyl (C=O) groups excluding carboxylic acids is 2. The van der Waals surface area contributed by atoms with Gasteiger partial charge in [-0.25, -0.2) is 9.59 Å². The molecule has 2 heterocycles. The van der Waals surface area contributed by atoms with Crippen molar-refractivity contribution in [3.8, 4) is 0 Å². The highest BCUT2D eigenvalue weighted by Crippen LogP contribution is 2.18. The van der Waals surface area contributed by atoms with Gasteiger partial charge >= 0.3 is 12.0 Å². The number of carbonyl (C=O) groups is 2. The van der Waals surface area contributed by atoms with Crippen LogP contribution in [0.5, 0.6) is 0 Å². The molecule has 6 nitrogen and oxygen atoms in total. The van der Waals surface area contributed by atoms with E-state index in [1.807, 2.05) is 0 Å². The Hall–Kier alpha value is -1.30. The lowest BCUT2D eigenvalue weighted by atomic mass is 10.0. The van der Waals surface area contributed by atoms with Gasteiger partial charge in [-0.3, -0.25) is 0 Å². The fraction of sp³-hybridized carbons (Fsp3) is 0.833. The van der Waals surface area contributed by atoms with Crippen molar-refractivity contribution in [2.45, 2.75) is 37.8 Å². The van der Waals surface area contributed by atoms with Crippen LogP contribution in [-0.4, -0.2) is 55.9 Å². The van der Waals surface area contributed by atoms with Crippen molar-refractivity contribution in [2.24, 2.45) is 0 Å². The molecule has 2 aliphatic rings. The third kappa shape index (κ3) is 2.93. The second-order valence-electron chi connectivity index (χ2n) is 4.74. The Kier molecular flexibility index (Phi) is 4.41. The molecule has 2 aliphatic heterocycles. The van der Waals surface area contributed by atoms with Crippen molar-refractivity contribution in [2.75, 3.05) is 26.9 Å². The minimum absolute atomic E-state index is 0.0673. The van der Waals surface area contributed by atoms with Crippen molar-refractivity contribution < 1.29 is 19.1 Å². The molecule has 0 aliphatic carbocycles. The van der Waals surface area contributed by atoms with Crippen LogP contribution in [0.2, 0.25) is 0 Å². The van der Waals surface area contributed by atoms with E-state index in [0.29, 0.717) is 26.2 Å². The van der Waals surface area contributed by atoms with Crippen LogP contribution in [0, 0.1) is 0 Å². The monoisotopic (exact) mass is 256 g/mol. The van der Waals surface area contributed by atoms with Crippen LogP contribution in [0.1, 0.15) is 25.7 Å². The quantitative estimate of drug-likeness (QED) is 0.731. The van der Waals surface area contributed by atoms with Crippen molar-refractivity contribution in [1.82, 2.24) is 10.2 Å². The number of urea groups is 1. The highest BCUT2D eigenvalue weighted by Gasteiger charge is 2.33. The van der Waals surface area contributed by atoms with Gasteiger partial charge in [0.2, 0.25) is 0 Å². The van der Waals surface area contributed by atoms with Crippen molar-refractivity contribution in [3.05, 3.63) is 0 Å². The van der Waals surface area contributed by atoms with Gasteiger partial charge < -0.3 is 19.7 Å². The summed E-state index contributed by atoms with van der Waals surface area (Å²) < 4.78 is 9.97. The lowest BCUT2D eigenvalue weighted by molar-refractivity contribution is -0.146. The first-order chi connectivity index (χ1) is 8.72. The van der Waals surface area contributed by atoms with Gasteiger partial charge in [-0.05, 0) is 25.7 Å². The lowest BCUT2D eigenvalue weighted by Crippen LogP contribution is -2.54. The van der Waals surface area contributed by atoms with Gasteiger partial charge in [0, 0.05) is 13.2 Å². The van der Waals surface area contributed by atoms with Crippen LogP contribution in [0.4, 0.5) is 4.79 Å². The molecule has 0 aromatic heterocycles. The Morgan fingerprint density at radius 2 is 2.17 bits per heavy atom. The number of hydrogen-bond acceptors (Lipinski definition) is 4. The standard InChI is InChI=1S/C12H20N2O4/c1-17-11(15)10-4-2-3-6-14(10)12(16)13-9-5-7-18-8-9/h9-10H,2-8H2,1H3,(H,13,16)/t9?,10-/m1/s1. The molecule has 0 radical (unpaired) electrons. The van der Waals surface area contributed by atoms with E-state index in [0.717, 1.165) is 19.3 Å². The van der Waals surface area contributed by atoms with Crippen LogP contribution >= 0.6 is 0 Å². The molecule has 2 rings (SSSR count). The molecule has 0 spiro atoms. The molecule has 6 heteroatoms. The number of likely N-dealkylation sites (tertiary alicyclic amines) is 1. The average molecular weight is 256 g/mol. The number of nitrogens with zero attached hydrogens (tertiary/aromatic N) is 1. The van der Waals surface area contributed by atoms with Crippen LogP contribution in [0.15, 0.2) is 0 Å². The predicted molar refractivity (Wildman–Crippen MR) is 64.1 cm³/mol. The maximum atomic E-state index is 12.1. The number of ether oxygens (including phenoxy) is 2. The molecule has 0 saturated carbocycles. The van der Waals surface area contributed by atoms with E-state index < -0.39 is 6.04 Å². The Labute approximate surface area is 107 Å². The fourth-order valence-corrected chi connectivity index (χ4v) is 2.46. The summed E-state index contributed by atoms with van der Waals surface area (Å²) in [6.07, 6.45) is 3.40. The topological polar surface area (TPSA) is 67.9 Å². The van der Waals surface area contributed by atoms with E-state index >= 15 is 0 Å². The van der Waals surface area contributed by atoms with Crippen molar-refractivity contribution in [3.63, 3.8) is 0 Å². The normalized spacial score (nSPS) is 27.9. The van der Waals surface area contributed by atoms with E-state index in [4.69, 9.17) is 9.47 Å². The van der Waals surface area contributed by atoms with E-state index in [1.54, 1.807) is 4.90 Å². The van der Waals surface area contributed by atoms with Crippen LogP contribution in [-0.2, 0) is 14.3 Å². The van der Waals surface area contributed by atoms with Crippen molar-refractivity contribution >= 4 is 12.0 Å². The van der Waals surface area contributed by atoms with Gasteiger partial charge in [0.25, 0.3) is 0 Å². The molecule has 2 atom stereocenters. The van der Waals surface area contributed by atoms with Gasteiger partial charge in [0.1, 0.15) is 6.04 Å². The first-order valence-corrected chi connectivity index (χ1v) is 6.45. The average Bonchev–Trinajstić information content (AvgIpc) is 2.90. The van der Waals surface area contributed by atoms with Crippen LogP contribution < -0.4 is 5.32 Å². The molecule has 1 unspecified atom stereocenters. The summed E-state index contributed by atoms with van der Waals surface area (Å²) >= 11 is 0. The summed E-state index contributed by atoms with van der Waals surface area (Å²) in [7, 11) is 1.36. The van der Waals surface area contributed by atoms with Gasteiger partial charge in [-0.15, -0.1) is 0 Å². The molecular weight excluding hydrogens is 236 g/mol. The first-order valence-electron chi connectivity index (χ1n) is 6.45. The zero-order valence-corrected chi connectivity index (χ0v) is 10.7. The molecule has 0 bridgehead atoms. The molecule has 1 N–H and O–H groups in total. The largest absolute Gasteiger partial charge is 0.467 e. The summed E-state index contributed by atoms with van der Waals surface area (Å²) in [6, 6.07) is -0.551. The number of nitrogens with one attached hydrogen (secondary N) is 1. The third-order valence-corrected chi connectivity index (χ3v) is 3.49.